The highest BCUT2D eigenvalue weighted by molar-refractivity contribution is 6.00. The van der Waals surface area contributed by atoms with Crippen molar-refractivity contribution < 1.29 is 24.2 Å². The molecule has 0 fully saturated rings. The first-order chi connectivity index (χ1) is 16.4. The van der Waals surface area contributed by atoms with Crippen molar-refractivity contribution in [1.82, 2.24) is 0 Å². The molecule has 0 aliphatic carbocycles. The number of carboxylic acid groups (broad SMARTS) is 1. The molecule has 0 heterocycles. The number of anilines is 3. The molecule has 0 unspecified atom stereocenters. The number of hydrogen-bond donors (Lipinski definition) is 4. The number of amides is 3. The van der Waals surface area contributed by atoms with Crippen LogP contribution in [0.4, 0.5) is 21.9 Å². The molecule has 0 aromatic heterocycles. The molecular formula is C26H25N3O5. The summed E-state index contributed by atoms with van der Waals surface area (Å²) in [5, 5.41) is 17.0. The smallest absolute Gasteiger partial charge is 0.328 e. The number of aliphatic carboxylic acids is 1. The predicted molar refractivity (Wildman–Crippen MR) is 131 cm³/mol. The Morgan fingerprint density at radius 3 is 2.38 bits per heavy atom. The minimum absolute atomic E-state index is 0.104. The summed E-state index contributed by atoms with van der Waals surface area (Å²) >= 11 is 0. The van der Waals surface area contributed by atoms with Crippen molar-refractivity contribution in [3.8, 4) is 5.75 Å². The Balaban J connectivity index is 1.49. The Kier molecular flexibility index (Phi) is 8.40. The number of hydrogen-bond acceptors (Lipinski definition) is 4. The molecule has 8 heteroatoms. The van der Waals surface area contributed by atoms with Gasteiger partial charge in [-0.1, -0.05) is 36.4 Å². The second-order valence-electron chi connectivity index (χ2n) is 7.40. The van der Waals surface area contributed by atoms with Gasteiger partial charge in [0, 0.05) is 29.2 Å². The van der Waals surface area contributed by atoms with Crippen molar-refractivity contribution in [2.45, 2.75) is 13.3 Å². The number of carbonyl (C=O) groups excluding carboxylic acids is 2. The van der Waals surface area contributed by atoms with Gasteiger partial charge in [-0.25, -0.2) is 9.59 Å². The zero-order valence-corrected chi connectivity index (χ0v) is 18.6. The lowest BCUT2D eigenvalue weighted by Gasteiger charge is -2.10. The summed E-state index contributed by atoms with van der Waals surface area (Å²) in [7, 11) is 0. The molecule has 0 bridgehead atoms. The van der Waals surface area contributed by atoms with Crippen molar-refractivity contribution in [1.29, 1.82) is 0 Å². The molecule has 0 saturated carbocycles. The molecule has 0 radical (unpaired) electrons. The molecule has 3 amide bonds. The van der Waals surface area contributed by atoms with E-state index in [2.05, 4.69) is 16.0 Å². The van der Waals surface area contributed by atoms with Gasteiger partial charge in [-0.15, -0.1) is 0 Å². The lowest BCUT2D eigenvalue weighted by atomic mass is 10.1. The van der Waals surface area contributed by atoms with E-state index in [9.17, 15) is 14.4 Å². The van der Waals surface area contributed by atoms with Gasteiger partial charge in [0.15, 0.2) is 0 Å². The van der Waals surface area contributed by atoms with Crippen LogP contribution in [0.25, 0.3) is 0 Å². The summed E-state index contributed by atoms with van der Waals surface area (Å²) in [6.07, 6.45) is 2.55. The molecule has 34 heavy (non-hydrogen) atoms. The van der Waals surface area contributed by atoms with Crippen LogP contribution >= 0.6 is 0 Å². The van der Waals surface area contributed by atoms with Gasteiger partial charge in [0.25, 0.3) is 0 Å². The molecule has 0 atom stereocenters. The maximum absolute atomic E-state index is 12.4. The fourth-order valence-corrected chi connectivity index (χ4v) is 3.05. The Bertz CT molecular complexity index is 1190. The molecule has 0 aliphatic rings. The Hall–Kier alpha value is -4.59. The number of benzene rings is 3. The second kappa shape index (κ2) is 11.9. The van der Waals surface area contributed by atoms with Crippen LogP contribution in [-0.2, 0) is 16.0 Å². The first-order valence-electron chi connectivity index (χ1n) is 10.5. The van der Waals surface area contributed by atoms with Crippen LogP contribution in [0.5, 0.6) is 5.75 Å². The number of rotatable bonds is 9. The van der Waals surface area contributed by atoms with E-state index in [-0.39, 0.29) is 25.0 Å². The Morgan fingerprint density at radius 1 is 0.882 bits per heavy atom. The molecule has 4 N–H and O–H groups in total. The molecule has 3 rings (SSSR count). The van der Waals surface area contributed by atoms with Crippen LogP contribution in [0.15, 0.2) is 84.9 Å². The number of carboxylic acids is 1. The molecule has 8 nitrogen and oxygen atoms in total. The summed E-state index contributed by atoms with van der Waals surface area (Å²) in [6.45, 7) is 2.02. The van der Waals surface area contributed by atoms with E-state index >= 15 is 0 Å². The van der Waals surface area contributed by atoms with Crippen molar-refractivity contribution in [2.24, 2.45) is 0 Å². The van der Waals surface area contributed by atoms with E-state index in [1.807, 2.05) is 31.2 Å². The fourth-order valence-electron chi connectivity index (χ4n) is 3.05. The SMILES string of the molecule is Cc1ccccc1NC(=O)Nc1ccc(CC(=O)Nc2cccc(OCC=CC(=O)O)c2)cc1. The third-order valence-electron chi connectivity index (χ3n) is 4.69. The molecule has 174 valence electrons. The van der Waals surface area contributed by atoms with Gasteiger partial charge in [0.2, 0.25) is 5.91 Å². The Morgan fingerprint density at radius 2 is 1.65 bits per heavy atom. The van der Waals surface area contributed by atoms with E-state index < -0.39 is 5.97 Å². The number of aryl methyl sites for hydroxylation is 1. The summed E-state index contributed by atoms with van der Waals surface area (Å²) < 4.78 is 5.44. The van der Waals surface area contributed by atoms with Crippen LogP contribution in [-0.4, -0.2) is 29.6 Å². The quantitative estimate of drug-likeness (QED) is 0.342. The minimum atomic E-state index is -1.04. The predicted octanol–water partition coefficient (Wildman–Crippen LogP) is 4.84. The van der Waals surface area contributed by atoms with E-state index in [0.29, 0.717) is 17.1 Å². The van der Waals surface area contributed by atoms with E-state index in [4.69, 9.17) is 9.84 Å². The van der Waals surface area contributed by atoms with Crippen molar-refractivity contribution in [2.75, 3.05) is 22.6 Å². The molecule has 3 aromatic carbocycles. The number of para-hydroxylation sites is 1. The van der Waals surface area contributed by atoms with Gasteiger partial charge in [0.1, 0.15) is 12.4 Å². The third-order valence-corrected chi connectivity index (χ3v) is 4.69. The van der Waals surface area contributed by atoms with Gasteiger partial charge in [-0.2, -0.15) is 0 Å². The lowest BCUT2D eigenvalue weighted by molar-refractivity contribution is -0.131. The van der Waals surface area contributed by atoms with E-state index in [1.165, 1.54) is 6.08 Å². The van der Waals surface area contributed by atoms with Crippen LogP contribution < -0.4 is 20.7 Å². The average molecular weight is 460 g/mol. The molecule has 0 spiro atoms. The van der Waals surface area contributed by atoms with Gasteiger partial charge >= 0.3 is 12.0 Å². The molecular weight excluding hydrogens is 434 g/mol. The van der Waals surface area contributed by atoms with E-state index in [0.717, 1.165) is 22.9 Å². The first kappa shape index (κ1) is 24.1. The zero-order chi connectivity index (χ0) is 24.3. The normalized spacial score (nSPS) is 10.5. The summed E-state index contributed by atoms with van der Waals surface area (Å²) in [5.74, 6) is -0.743. The summed E-state index contributed by atoms with van der Waals surface area (Å²) in [4.78, 5) is 35.1. The highest BCUT2D eigenvalue weighted by Gasteiger charge is 2.07. The van der Waals surface area contributed by atoms with Gasteiger partial charge in [0.05, 0.1) is 6.42 Å². The van der Waals surface area contributed by atoms with Crippen molar-refractivity contribution in [3.63, 3.8) is 0 Å². The van der Waals surface area contributed by atoms with Gasteiger partial charge in [-0.05, 0) is 54.5 Å². The van der Waals surface area contributed by atoms with E-state index in [1.54, 1.807) is 48.5 Å². The number of nitrogens with one attached hydrogen (secondary N) is 3. The average Bonchev–Trinajstić information content (AvgIpc) is 2.80. The second-order valence-corrected chi connectivity index (χ2v) is 7.40. The van der Waals surface area contributed by atoms with Crippen molar-refractivity contribution >= 4 is 35.0 Å². The Labute approximate surface area is 197 Å². The largest absolute Gasteiger partial charge is 0.489 e. The van der Waals surface area contributed by atoms with Crippen LogP contribution in [0.1, 0.15) is 11.1 Å². The van der Waals surface area contributed by atoms with Crippen LogP contribution in [0.2, 0.25) is 0 Å². The summed E-state index contributed by atoms with van der Waals surface area (Å²) in [6, 6.07) is 21.0. The van der Waals surface area contributed by atoms with Gasteiger partial charge < -0.3 is 25.8 Å². The van der Waals surface area contributed by atoms with Crippen molar-refractivity contribution in [3.05, 3.63) is 96.1 Å². The molecule has 3 aromatic rings. The maximum atomic E-state index is 12.4. The zero-order valence-electron chi connectivity index (χ0n) is 18.6. The first-order valence-corrected chi connectivity index (χ1v) is 10.5. The maximum Gasteiger partial charge on any atom is 0.328 e. The fraction of sp³-hybridized carbons (Fsp3) is 0.115. The standard InChI is InChI=1S/C26H25N3O5/c1-18-6-2-3-9-23(18)29-26(33)28-20-13-11-19(12-14-20)16-24(30)27-21-7-4-8-22(17-21)34-15-5-10-25(31)32/h2-14,17H,15-16H2,1H3,(H,27,30)(H,31,32)(H2,28,29,33). The lowest BCUT2D eigenvalue weighted by Crippen LogP contribution is -2.20. The number of urea groups is 1. The van der Waals surface area contributed by atoms with Crippen LogP contribution in [0, 0.1) is 6.92 Å². The van der Waals surface area contributed by atoms with Crippen LogP contribution in [0.3, 0.4) is 0 Å². The summed E-state index contributed by atoms with van der Waals surface area (Å²) in [5.41, 5.74) is 3.66. The van der Waals surface area contributed by atoms with Gasteiger partial charge in [-0.3, -0.25) is 4.79 Å². The molecule has 0 saturated heterocycles. The molecule has 0 aliphatic heterocycles. The number of ether oxygens (including phenoxy) is 1. The monoisotopic (exact) mass is 459 g/mol. The highest BCUT2D eigenvalue weighted by atomic mass is 16.5. The third kappa shape index (κ3) is 7.83. The number of carbonyl (C=O) groups is 3. The topological polar surface area (TPSA) is 117 Å². The highest BCUT2D eigenvalue weighted by Crippen LogP contribution is 2.18. The minimum Gasteiger partial charge on any atom is -0.489 e.